The van der Waals surface area contributed by atoms with Crippen LogP contribution in [0.15, 0.2) is 30.3 Å². The molecule has 1 N–H and O–H groups in total. The number of rotatable bonds is 6. The van der Waals surface area contributed by atoms with Gasteiger partial charge in [0.1, 0.15) is 0 Å². The lowest BCUT2D eigenvalue weighted by atomic mass is 10.3. The number of benzene rings is 1. The summed E-state index contributed by atoms with van der Waals surface area (Å²) in [4.78, 5) is 2.33. The van der Waals surface area contributed by atoms with E-state index in [0.717, 1.165) is 38.3 Å². The first kappa shape index (κ1) is 15.3. The molecule has 1 aliphatic rings. The van der Waals surface area contributed by atoms with Crippen molar-refractivity contribution in [3.63, 3.8) is 0 Å². The Balaban J connectivity index is 1.62. The average Bonchev–Trinajstić information content (AvgIpc) is 2.44. The van der Waals surface area contributed by atoms with Gasteiger partial charge in [0, 0.05) is 38.4 Å². The molecule has 0 saturated carbocycles. The molecule has 0 atom stereocenters. The second kappa shape index (κ2) is 7.06. The predicted molar refractivity (Wildman–Crippen MR) is 82.4 cm³/mol. The smallest absolute Gasteiger partial charge is 0.211 e. The maximum Gasteiger partial charge on any atom is 0.211 e. The summed E-state index contributed by atoms with van der Waals surface area (Å²) in [6.45, 7) is 4.85. The lowest BCUT2D eigenvalue weighted by Crippen LogP contribution is -2.48. The number of anilines is 1. The van der Waals surface area contributed by atoms with Crippen LogP contribution in [0.4, 0.5) is 5.69 Å². The molecule has 1 heterocycles. The van der Waals surface area contributed by atoms with Crippen LogP contribution in [0.1, 0.15) is 6.42 Å². The fourth-order valence-corrected chi connectivity index (χ4v) is 3.20. The number of sulfonamides is 1. The van der Waals surface area contributed by atoms with Gasteiger partial charge in [0.15, 0.2) is 0 Å². The molecule has 0 bridgehead atoms. The molecule has 6 heteroatoms. The number of para-hydroxylation sites is 1. The van der Waals surface area contributed by atoms with Crippen molar-refractivity contribution in [1.82, 2.24) is 9.21 Å². The van der Waals surface area contributed by atoms with Gasteiger partial charge in [-0.25, -0.2) is 8.42 Å². The molecule has 1 aromatic carbocycles. The van der Waals surface area contributed by atoms with Crippen molar-refractivity contribution in [2.75, 3.05) is 50.8 Å². The number of hydrogen-bond acceptors (Lipinski definition) is 4. The SMILES string of the molecule is CS(=O)(=O)N1CCN(CCCNc2ccccc2)CC1. The van der Waals surface area contributed by atoms with Crippen molar-refractivity contribution in [2.45, 2.75) is 6.42 Å². The van der Waals surface area contributed by atoms with Crippen LogP contribution in [0, 0.1) is 0 Å². The van der Waals surface area contributed by atoms with Gasteiger partial charge in [-0.1, -0.05) is 18.2 Å². The van der Waals surface area contributed by atoms with Gasteiger partial charge >= 0.3 is 0 Å². The molecule has 0 unspecified atom stereocenters. The molecule has 1 aliphatic heterocycles. The molecule has 1 saturated heterocycles. The molecule has 0 aliphatic carbocycles. The second-order valence-electron chi connectivity index (χ2n) is 5.15. The van der Waals surface area contributed by atoms with E-state index in [0.29, 0.717) is 13.1 Å². The quantitative estimate of drug-likeness (QED) is 0.798. The van der Waals surface area contributed by atoms with E-state index in [4.69, 9.17) is 0 Å². The minimum Gasteiger partial charge on any atom is -0.385 e. The summed E-state index contributed by atoms with van der Waals surface area (Å²) in [7, 11) is -3.02. The first-order chi connectivity index (χ1) is 9.55. The Labute approximate surface area is 121 Å². The summed E-state index contributed by atoms with van der Waals surface area (Å²) in [5.41, 5.74) is 1.15. The molecule has 0 aromatic heterocycles. The Morgan fingerprint density at radius 3 is 2.35 bits per heavy atom. The van der Waals surface area contributed by atoms with E-state index in [1.165, 1.54) is 6.26 Å². The van der Waals surface area contributed by atoms with Crippen LogP contribution in [0.2, 0.25) is 0 Å². The highest BCUT2D eigenvalue weighted by Gasteiger charge is 2.22. The second-order valence-corrected chi connectivity index (χ2v) is 7.13. The average molecular weight is 297 g/mol. The van der Waals surface area contributed by atoms with Crippen molar-refractivity contribution in [2.24, 2.45) is 0 Å². The Morgan fingerprint density at radius 1 is 1.10 bits per heavy atom. The van der Waals surface area contributed by atoms with Crippen molar-refractivity contribution < 1.29 is 8.42 Å². The van der Waals surface area contributed by atoms with E-state index in [-0.39, 0.29) is 0 Å². The van der Waals surface area contributed by atoms with Crippen LogP contribution in [-0.2, 0) is 10.0 Å². The predicted octanol–water partition coefficient (Wildman–Crippen LogP) is 1.07. The minimum atomic E-state index is -3.02. The zero-order chi connectivity index (χ0) is 14.4. The molecular formula is C14H23N3O2S. The van der Waals surface area contributed by atoms with Gasteiger partial charge in [0.2, 0.25) is 10.0 Å². The summed E-state index contributed by atoms with van der Waals surface area (Å²) in [5, 5.41) is 3.38. The van der Waals surface area contributed by atoms with Crippen molar-refractivity contribution in [3.05, 3.63) is 30.3 Å². The van der Waals surface area contributed by atoms with E-state index in [2.05, 4.69) is 22.3 Å². The van der Waals surface area contributed by atoms with Crippen LogP contribution in [0.3, 0.4) is 0 Å². The van der Waals surface area contributed by atoms with Gasteiger partial charge < -0.3 is 10.2 Å². The lowest BCUT2D eigenvalue weighted by Gasteiger charge is -2.33. The first-order valence-electron chi connectivity index (χ1n) is 7.02. The normalized spacial score (nSPS) is 18.1. The Hall–Kier alpha value is -1.11. The molecular weight excluding hydrogens is 274 g/mol. The van der Waals surface area contributed by atoms with Gasteiger partial charge in [-0.3, -0.25) is 0 Å². The van der Waals surface area contributed by atoms with E-state index in [1.54, 1.807) is 4.31 Å². The third-order valence-electron chi connectivity index (χ3n) is 3.55. The van der Waals surface area contributed by atoms with Gasteiger partial charge in [-0.05, 0) is 25.1 Å². The summed E-state index contributed by atoms with van der Waals surface area (Å²) in [6, 6.07) is 10.2. The Bertz CT molecular complexity index is 496. The highest BCUT2D eigenvalue weighted by Crippen LogP contribution is 2.07. The van der Waals surface area contributed by atoms with Crippen LogP contribution >= 0.6 is 0 Å². The molecule has 0 amide bonds. The summed E-state index contributed by atoms with van der Waals surface area (Å²) in [5.74, 6) is 0. The van der Waals surface area contributed by atoms with E-state index >= 15 is 0 Å². The maximum absolute atomic E-state index is 11.4. The van der Waals surface area contributed by atoms with Crippen molar-refractivity contribution in [1.29, 1.82) is 0 Å². The van der Waals surface area contributed by atoms with E-state index in [9.17, 15) is 8.42 Å². The van der Waals surface area contributed by atoms with Crippen LogP contribution in [0.25, 0.3) is 0 Å². The Morgan fingerprint density at radius 2 is 1.75 bits per heavy atom. The number of nitrogens with one attached hydrogen (secondary N) is 1. The fraction of sp³-hybridized carbons (Fsp3) is 0.571. The van der Waals surface area contributed by atoms with Crippen LogP contribution in [0.5, 0.6) is 0 Å². The fourth-order valence-electron chi connectivity index (χ4n) is 2.38. The molecule has 0 radical (unpaired) electrons. The summed E-state index contributed by atoms with van der Waals surface area (Å²) < 4.78 is 24.4. The zero-order valence-electron chi connectivity index (χ0n) is 12.0. The van der Waals surface area contributed by atoms with E-state index < -0.39 is 10.0 Å². The van der Waals surface area contributed by atoms with Gasteiger partial charge in [0.05, 0.1) is 6.26 Å². The van der Waals surface area contributed by atoms with Crippen molar-refractivity contribution >= 4 is 15.7 Å². The first-order valence-corrected chi connectivity index (χ1v) is 8.87. The molecule has 1 aromatic rings. The summed E-state index contributed by atoms with van der Waals surface area (Å²) in [6.07, 6.45) is 2.35. The highest BCUT2D eigenvalue weighted by molar-refractivity contribution is 7.88. The van der Waals surface area contributed by atoms with Gasteiger partial charge in [-0.2, -0.15) is 4.31 Å². The zero-order valence-corrected chi connectivity index (χ0v) is 12.8. The van der Waals surface area contributed by atoms with Crippen LogP contribution < -0.4 is 5.32 Å². The van der Waals surface area contributed by atoms with Gasteiger partial charge in [0.25, 0.3) is 0 Å². The third kappa shape index (κ3) is 4.77. The van der Waals surface area contributed by atoms with E-state index in [1.807, 2.05) is 18.2 Å². The highest BCUT2D eigenvalue weighted by atomic mass is 32.2. The molecule has 112 valence electrons. The molecule has 0 spiro atoms. The lowest BCUT2D eigenvalue weighted by molar-refractivity contribution is 0.188. The number of nitrogens with zero attached hydrogens (tertiary/aromatic N) is 2. The molecule has 2 rings (SSSR count). The number of piperazine rings is 1. The largest absolute Gasteiger partial charge is 0.385 e. The monoisotopic (exact) mass is 297 g/mol. The molecule has 20 heavy (non-hydrogen) atoms. The third-order valence-corrected chi connectivity index (χ3v) is 4.86. The topological polar surface area (TPSA) is 52.7 Å². The standard InChI is InChI=1S/C14H23N3O2S/c1-20(18,19)17-12-10-16(11-13-17)9-5-8-15-14-6-3-2-4-7-14/h2-4,6-7,15H,5,8-13H2,1H3. The molecule has 5 nitrogen and oxygen atoms in total. The Kier molecular flexibility index (Phi) is 5.39. The van der Waals surface area contributed by atoms with Gasteiger partial charge in [-0.15, -0.1) is 0 Å². The minimum absolute atomic E-state index is 0.616. The number of hydrogen-bond donors (Lipinski definition) is 1. The molecule has 1 fully saturated rings. The van der Waals surface area contributed by atoms with Crippen LogP contribution in [-0.4, -0.2) is 63.1 Å². The maximum atomic E-state index is 11.4. The van der Waals surface area contributed by atoms with Crippen molar-refractivity contribution in [3.8, 4) is 0 Å². The summed E-state index contributed by atoms with van der Waals surface area (Å²) >= 11 is 0.